The fraction of sp³-hybridized carbons (Fsp3) is 0.700. The van der Waals surface area contributed by atoms with Gasteiger partial charge in [-0.25, -0.2) is 0 Å². The molecule has 0 aromatic heterocycles. The highest BCUT2D eigenvalue weighted by molar-refractivity contribution is 7.86. The van der Waals surface area contributed by atoms with Crippen LogP contribution in [0.5, 0.6) is 0 Å². The van der Waals surface area contributed by atoms with Gasteiger partial charge in [-0.1, -0.05) is 17.7 Å². The van der Waals surface area contributed by atoms with Gasteiger partial charge in [0, 0.05) is 14.2 Å². The van der Waals surface area contributed by atoms with E-state index in [-0.39, 0.29) is 18.1 Å². The van der Waals surface area contributed by atoms with Gasteiger partial charge in [-0.2, -0.15) is 8.42 Å². The molecule has 10 heteroatoms. The Morgan fingerprint density at radius 1 is 0.700 bits per heavy atom. The molecule has 0 spiro atoms. The van der Waals surface area contributed by atoms with E-state index < -0.39 is 16.2 Å². The van der Waals surface area contributed by atoms with E-state index in [1.54, 1.807) is 26.4 Å². The van der Waals surface area contributed by atoms with E-state index in [4.69, 9.17) is 32.6 Å². The molecule has 0 amide bonds. The topological polar surface area (TPSA) is 98.8 Å². The number of hydrogen-bond donors (Lipinski definition) is 0. The van der Waals surface area contributed by atoms with Crippen molar-refractivity contribution in [3.05, 3.63) is 29.8 Å². The van der Waals surface area contributed by atoms with Gasteiger partial charge in [0.05, 0.1) is 71.0 Å². The summed E-state index contributed by atoms with van der Waals surface area (Å²) >= 11 is 0. The SMILES string of the molecule is COCCOCCOCC(COCCOCCOC)OS(=O)(=O)c1ccc(C)cc1. The summed E-state index contributed by atoms with van der Waals surface area (Å²) in [5, 5.41) is 0. The van der Waals surface area contributed by atoms with Crippen molar-refractivity contribution >= 4 is 10.1 Å². The Labute approximate surface area is 179 Å². The van der Waals surface area contributed by atoms with E-state index in [0.717, 1.165) is 5.56 Å². The highest BCUT2D eigenvalue weighted by atomic mass is 32.2. The molecular weight excluding hydrogens is 416 g/mol. The van der Waals surface area contributed by atoms with E-state index >= 15 is 0 Å². The number of rotatable bonds is 19. The molecule has 0 atom stereocenters. The molecule has 1 aromatic carbocycles. The third-order valence-electron chi connectivity index (χ3n) is 3.79. The Bertz CT molecular complexity index is 616. The predicted octanol–water partition coefficient (Wildman–Crippen LogP) is 1.43. The third-order valence-corrected chi connectivity index (χ3v) is 5.16. The molecule has 1 rings (SSSR count). The summed E-state index contributed by atoms with van der Waals surface area (Å²) in [4.78, 5) is 0.0869. The van der Waals surface area contributed by atoms with Crippen molar-refractivity contribution in [2.24, 2.45) is 0 Å². The summed E-state index contributed by atoms with van der Waals surface area (Å²) in [6.07, 6.45) is -0.797. The average molecular weight is 451 g/mol. The number of benzene rings is 1. The van der Waals surface area contributed by atoms with Crippen LogP contribution in [0.3, 0.4) is 0 Å². The minimum atomic E-state index is -3.94. The van der Waals surface area contributed by atoms with E-state index in [9.17, 15) is 8.42 Å². The molecule has 0 bridgehead atoms. The lowest BCUT2D eigenvalue weighted by atomic mass is 10.2. The van der Waals surface area contributed by atoms with Crippen LogP contribution in [0.1, 0.15) is 5.56 Å². The highest BCUT2D eigenvalue weighted by Crippen LogP contribution is 2.15. The van der Waals surface area contributed by atoms with Crippen molar-refractivity contribution in [3.63, 3.8) is 0 Å². The fourth-order valence-corrected chi connectivity index (χ4v) is 3.25. The van der Waals surface area contributed by atoms with Crippen molar-refractivity contribution in [2.45, 2.75) is 17.9 Å². The van der Waals surface area contributed by atoms with Gasteiger partial charge in [-0.05, 0) is 19.1 Å². The monoisotopic (exact) mass is 450 g/mol. The van der Waals surface area contributed by atoms with Crippen LogP contribution < -0.4 is 0 Å². The largest absolute Gasteiger partial charge is 0.382 e. The first-order valence-electron chi connectivity index (χ1n) is 9.78. The lowest BCUT2D eigenvalue weighted by Crippen LogP contribution is -2.30. The molecule has 0 heterocycles. The first kappa shape index (κ1) is 26.9. The maximum Gasteiger partial charge on any atom is 0.297 e. The third kappa shape index (κ3) is 12.6. The highest BCUT2D eigenvalue weighted by Gasteiger charge is 2.22. The van der Waals surface area contributed by atoms with Crippen LogP contribution in [0, 0.1) is 6.92 Å². The van der Waals surface area contributed by atoms with E-state index in [0.29, 0.717) is 52.9 Å². The van der Waals surface area contributed by atoms with Crippen LogP contribution >= 0.6 is 0 Å². The van der Waals surface area contributed by atoms with Crippen LogP contribution in [-0.2, 0) is 42.7 Å². The van der Waals surface area contributed by atoms with Crippen LogP contribution in [0.2, 0.25) is 0 Å². The minimum absolute atomic E-state index is 0.0449. The normalized spacial score (nSPS) is 12.0. The van der Waals surface area contributed by atoms with Crippen molar-refractivity contribution in [3.8, 4) is 0 Å². The predicted molar refractivity (Wildman–Crippen MR) is 110 cm³/mol. The summed E-state index contributed by atoms with van der Waals surface area (Å²) in [6.45, 7) is 5.24. The molecule has 0 aliphatic carbocycles. The van der Waals surface area contributed by atoms with Gasteiger partial charge < -0.3 is 28.4 Å². The zero-order valence-electron chi connectivity index (χ0n) is 18.0. The molecule has 0 radical (unpaired) electrons. The second-order valence-corrected chi connectivity index (χ2v) is 7.92. The average Bonchev–Trinajstić information content (AvgIpc) is 2.72. The Morgan fingerprint density at radius 3 is 1.60 bits per heavy atom. The second-order valence-electron chi connectivity index (χ2n) is 6.35. The maximum atomic E-state index is 12.6. The van der Waals surface area contributed by atoms with Crippen LogP contribution in [0.15, 0.2) is 29.2 Å². The number of hydrogen-bond acceptors (Lipinski definition) is 9. The van der Waals surface area contributed by atoms with Gasteiger partial charge in [0.1, 0.15) is 6.10 Å². The minimum Gasteiger partial charge on any atom is -0.382 e. The Morgan fingerprint density at radius 2 is 1.13 bits per heavy atom. The molecule has 1 aromatic rings. The fourth-order valence-electron chi connectivity index (χ4n) is 2.20. The zero-order chi connectivity index (χ0) is 22.1. The van der Waals surface area contributed by atoms with Crippen LogP contribution in [0.25, 0.3) is 0 Å². The first-order chi connectivity index (χ1) is 14.5. The van der Waals surface area contributed by atoms with Crippen LogP contribution in [-0.4, -0.2) is 94.8 Å². The summed E-state index contributed by atoms with van der Waals surface area (Å²) in [7, 11) is -0.749. The molecule has 30 heavy (non-hydrogen) atoms. The standard InChI is InChI=1S/C20H34O9S/c1-18-4-6-20(7-5-18)30(21,22)29-19(16-27-14-12-25-10-8-23-2)17-28-15-13-26-11-9-24-3/h4-7,19H,8-17H2,1-3H3. The number of aryl methyl sites for hydroxylation is 1. The molecule has 0 N–H and O–H groups in total. The molecule has 0 unspecified atom stereocenters. The van der Waals surface area contributed by atoms with Crippen molar-refractivity contribution < 1.29 is 41.0 Å². The first-order valence-corrected chi connectivity index (χ1v) is 11.2. The van der Waals surface area contributed by atoms with Crippen molar-refractivity contribution in [1.29, 1.82) is 0 Å². The molecule has 9 nitrogen and oxygen atoms in total. The number of methoxy groups -OCH3 is 2. The summed E-state index contributed by atoms with van der Waals surface area (Å²) < 4.78 is 61.9. The van der Waals surface area contributed by atoms with Gasteiger partial charge in [-0.15, -0.1) is 0 Å². The van der Waals surface area contributed by atoms with E-state index in [1.165, 1.54) is 12.1 Å². The van der Waals surface area contributed by atoms with Crippen molar-refractivity contribution in [1.82, 2.24) is 0 Å². The molecule has 0 fully saturated rings. The molecule has 0 aliphatic heterocycles. The summed E-state index contributed by atoms with van der Waals surface area (Å²) in [5.74, 6) is 0. The Hall–Kier alpha value is -1.11. The molecule has 0 saturated heterocycles. The molecular formula is C20H34O9S. The quantitative estimate of drug-likeness (QED) is 0.229. The van der Waals surface area contributed by atoms with E-state index in [1.807, 2.05) is 6.92 Å². The van der Waals surface area contributed by atoms with Gasteiger partial charge >= 0.3 is 0 Å². The van der Waals surface area contributed by atoms with Crippen LogP contribution in [0.4, 0.5) is 0 Å². The van der Waals surface area contributed by atoms with Gasteiger partial charge in [0.25, 0.3) is 10.1 Å². The van der Waals surface area contributed by atoms with E-state index in [2.05, 4.69) is 0 Å². The van der Waals surface area contributed by atoms with Crippen molar-refractivity contribution in [2.75, 3.05) is 80.3 Å². The summed E-state index contributed by atoms with van der Waals surface area (Å²) in [6, 6.07) is 6.45. The summed E-state index contributed by atoms with van der Waals surface area (Å²) in [5.41, 5.74) is 0.958. The molecule has 174 valence electrons. The smallest absolute Gasteiger partial charge is 0.297 e. The van der Waals surface area contributed by atoms with Gasteiger partial charge in [0.2, 0.25) is 0 Å². The lowest BCUT2D eigenvalue weighted by Gasteiger charge is -2.18. The van der Waals surface area contributed by atoms with Gasteiger partial charge in [-0.3, -0.25) is 4.18 Å². The second kappa shape index (κ2) is 16.6. The zero-order valence-corrected chi connectivity index (χ0v) is 18.9. The number of ether oxygens (including phenoxy) is 6. The molecule has 0 saturated carbocycles. The Balaban J connectivity index is 2.48. The Kier molecular flexibility index (Phi) is 14.9. The van der Waals surface area contributed by atoms with Gasteiger partial charge in [0.15, 0.2) is 0 Å². The molecule has 0 aliphatic rings. The maximum absolute atomic E-state index is 12.6. The lowest BCUT2D eigenvalue weighted by molar-refractivity contribution is -0.0352.